The molecule has 1 heterocycles. The molecule has 1 atom stereocenters. The van der Waals surface area contributed by atoms with E-state index in [-0.39, 0.29) is 10.9 Å². The van der Waals surface area contributed by atoms with Crippen molar-refractivity contribution in [1.29, 1.82) is 0 Å². The standard InChI is InChI=1S/C13H15BrN2O3S/c1-9(12-7-8-13(14)19-12)16-10-3-5-11(6-4-10)20(17,18)15-2/h3-9,15-16H,1-2H3. The highest BCUT2D eigenvalue weighted by Crippen LogP contribution is 2.24. The number of rotatable bonds is 5. The Balaban J connectivity index is 2.11. The molecule has 0 radical (unpaired) electrons. The molecule has 1 aromatic carbocycles. The summed E-state index contributed by atoms with van der Waals surface area (Å²) in [4.78, 5) is 0.235. The molecule has 2 rings (SSSR count). The van der Waals surface area contributed by atoms with Crippen LogP contribution < -0.4 is 10.0 Å². The Hall–Kier alpha value is -1.31. The summed E-state index contributed by atoms with van der Waals surface area (Å²) < 4.78 is 31.6. The third-order valence-corrected chi connectivity index (χ3v) is 4.69. The Bertz CT molecular complexity index is 680. The van der Waals surface area contributed by atoms with Gasteiger partial charge in [-0.15, -0.1) is 0 Å². The van der Waals surface area contributed by atoms with E-state index in [4.69, 9.17) is 4.42 Å². The number of nitrogens with one attached hydrogen (secondary N) is 2. The molecular formula is C13H15BrN2O3S. The van der Waals surface area contributed by atoms with Gasteiger partial charge in [-0.05, 0) is 66.3 Å². The highest BCUT2D eigenvalue weighted by molar-refractivity contribution is 9.10. The first-order chi connectivity index (χ1) is 9.42. The van der Waals surface area contributed by atoms with Gasteiger partial charge in [-0.25, -0.2) is 13.1 Å². The SMILES string of the molecule is CNS(=O)(=O)c1ccc(NC(C)c2ccc(Br)o2)cc1. The van der Waals surface area contributed by atoms with E-state index in [9.17, 15) is 8.42 Å². The second-order valence-corrected chi connectivity index (χ2v) is 6.91. The van der Waals surface area contributed by atoms with E-state index in [0.29, 0.717) is 4.67 Å². The molecular weight excluding hydrogens is 344 g/mol. The Morgan fingerprint density at radius 2 is 1.80 bits per heavy atom. The van der Waals surface area contributed by atoms with Gasteiger partial charge < -0.3 is 9.73 Å². The fraction of sp³-hybridized carbons (Fsp3) is 0.231. The second kappa shape index (κ2) is 5.99. The molecule has 1 unspecified atom stereocenters. The van der Waals surface area contributed by atoms with E-state index >= 15 is 0 Å². The number of benzene rings is 1. The second-order valence-electron chi connectivity index (χ2n) is 4.24. The molecule has 2 N–H and O–H groups in total. The fourth-order valence-electron chi connectivity index (χ4n) is 1.73. The number of hydrogen-bond donors (Lipinski definition) is 2. The van der Waals surface area contributed by atoms with Gasteiger partial charge in [0.05, 0.1) is 10.9 Å². The maximum atomic E-state index is 11.6. The van der Waals surface area contributed by atoms with Crippen LogP contribution in [0.2, 0.25) is 0 Å². The van der Waals surface area contributed by atoms with Crippen molar-refractivity contribution in [1.82, 2.24) is 4.72 Å². The average Bonchev–Trinajstić information content (AvgIpc) is 2.86. The Morgan fingerprint density at radius 3 is 2.30 bits per heavy atom. The van der Waals surface area contributed by atoms with E-state index in [0.717, 1.165) is 11.4 Å². The highest BCUT2D eigenvalue weighted by atomic mass is 79.9. The van der Waals surface area contributed by atoms with Crippen LogP contribution in [0.3, 0.4) is 0 Å². The van der Waals surface area contributed by atoms with Crippen molar-refractivity contribution in [2.45, 2.75) is 17.9 Å². The number of anilines is 1. The van der Waals surface area contributed by atoms with Gasteiger partial charge in [0, 0.05) is 5.69 Å². The summed E-state index contributed by atoms with van der Waals surface area (Å²) in [5.74, 6) is 0.795. The number of hydrogen-bond acceptors (Lipinski definition) is 4. The van der Waals surface area contributed by atoms with Gasteiger partial charge in [0.15, 0.2) is 4.67 Å². The molecule has 20 heavy (non-hydrogen) atoms. The molecule has 0 saturated carbocycles. The molecule has 0 aliphatic carbocycles. The fourth-order valence-corrected chi connectivity index (χ4v) is 2.78. The van der Waals surface area contributed by atoms with Gasteiger partial charge in [0.1, 0.15) is 5.76 Å². The van der Waals surface area contributed by atoms with E-state index in [1.54, 1.807) is 24.3 Å². The maximum absolute atomic E-state index is 11.6. The third kappa shape index (κ3) is 3.41. The molecule has 0 amide bonds. The molecule has 2 aromatic rings. The van der Waals surface area contributed by atoms with Crippen molar-refractivity contribution in [3.63, 3.8) is 0 Å². The lowest BCUT2D eigenvalue weighted by Gasteiger charge is -2.13. The van der Waals surface area contributed by atoms with Crippen molar-refractivity contribution < 1.29 is 12.8 Å². The minimum atomic E-state index is -3.39. The quantitative estimate of drug-likeness (QED) is 0.861. The summed E-state index contributed by atoms with van der Waals surface area (Å²) in [5, 5.41) is 3.24. The minimum Gasteiger partial charge on any atom is -0.452 e. The molecule has 5 nitrogen and oxygen atoms in total. The average molecular weight is 359 g/mol. The molecule has 0 aliphatic heterocycles. The van der Waals surface area contributed by atoms with Crippen LogP contribution in [0.4, 0.5) is 5.69 Å². The lowest BCUT2D eigenvalue weighted by Crippen LogP contribution is -2.18. The van der Waals surface area contributed by atoms with Crippen molar-refractivity contribution in [2.24, 2.45) is 0 Å². The summed E-state index contributed by atoms with van der Waals surface area (Å²) in [5.41, 5.74) is 0.820. The van der Waals surface area contributed by atoms with Gasteiger partial charge in [0.25, 0.3) is 0 Å². The first-order valence-electron chi connectivity index (χ1n) is 5.98. The first kappa shape index (κ1) is 15.1. The highest BCUT2D eigenvalue weighted by Gasteiger charge is 2.12. The zero-order chi connectivity index (χ0) is 14.8. The van der Waals surface area contributed by atoms with Crippen LogP contribution in [0, 0.1) is 0 Å². The van der Waals surface area contributed by atoms with Gasteiger partial charge in [0.2, 0.25) is 10.0 Å². The van der Waals surface area contributed by atoms with E-state index in [1.165, 1.54) is 7.05 Å². The van der Waals surface area contributed by atoms with Crippen molar-refractivity contribution >= 4 is 31.6 Å². The lowest BCUT2D eigenvalue weighted by atomic mass is 10.2. The van der Waals surface area contributed by atoms with E-state index in [2.05, 4.69) is 26.0 Å². The molecule has 0 aliphatic rings. The summed E-state index contributed by atoms with van der Waals surface area (Å²) in [6, 6.07) is 10.2. The van der Waals surface area contributed by atoms with E-state index in [1.807, 2.05) is 19.1 Å². The summed E-state index contributed by atoms with van der Waals surface area (Å²) in [7, 11) is -2.01. The molecule has 108 valence electrons. The number of sulfonamides is 1. The van der Waals surface area contributed by atoms with Crippen LogP contribution in [0.25, 0.3) is 0 Å². The summed E-state index contributed by atoms with van der Waals surface area (Å²) in [6.45, 7) is 1.96. The maximum Gasteiger partial charge on any atom is 0.240 e. The van der Waals surface area contributed by atoms with Gasteiger partial charge in [-0.1, -0.05) is 0 Å². The summed E-state index contributed by atoms with van der Waals surface area (Å²) in [6.07, 6.45) is 0. The van der Waals surface area contributed by atoms with Gasteiger partial charge in [-0.3, -0.25) is 0 Å². The van der Waals surface area contributed by atoms with Crippen LogP contribution >= 0.6 is 15.9 Å². The zero-order valence-corrected chi connectivity index (χ0v) is 13.5. The predicted molar refractivity (Wildman–Crippen MR) is 81.1 cm³/mol. The van der Waals surface area contributed by atoms with Gasteiger partial charge in [-0.2, -0.15) is 0 Å². The lowest BCUT2D eigenvalue weighted by molar-refractivity contribution is 0.471. The van der Waals surface area contributed by atoms with Crippen molar-refractivity contribution in [3.05, 3.63) is 46.8 Å². The topological polar surface area (TPSA) is 71.3 Å². The van der Waals surface area contributed by atoms with Crippen LogP contribution in [-0.4, -0.2) is 15.5 Å². The molecule has 1 aromatic heterocycles. The zero-order valence-electron chi connectivity index (χ0n) is 11.1. The molecule has 7 heteroatoms. The number of furan rings is 1. The number of halogens is 1. The van der Waals surface area contributed by atoms with Crippen molar-refractivity contribution in [3.8, 4) is 0 Å². The Labute approximate surface area is 126 Å². The van der Waals surface area contributed by atoms with Crippen LogP contribution in [0.5, 0.6) is 0 Å². The van der Waals surface area contributed by atoms with Crippen LogP contribution in [0.1, 0.15) is 18.7 Å². The van der Waals surface area contributed by atoms with Crippen molar-refractivity contribution in [2.75, 3.05) is 12.4 Å². The molecule has 0 saturated heterocycles. The van der Waals surface area contributed by atoms with E-state index < -0.39 is 10.0 Å². The molecule has 0 fully saturated rings. The van der Waals surface area contributed by atoms with Crippen LogP contribution in [-0.2, 0) is 10.0 Å². The molecule has 0 bridgehead atoms. The Morgan fingerprint density at radius 1 is 1.15 bits per heavy atom. The first-order valence-corrected chi connectivity index (χ1v) is 8.25. The smallest absolute Gasteiger partial charge is 0.240 e. The summed E-state index contributed by atoms with van der Waals surface area (Å²) >= 11 is 3.26. The Kier molecular flexibility index (Phi) is 4.52. The minimum absolute atomic E-state index is 0.0203. The molecule has 0 spiro atoms. The monoisotopic (exact) mass is 358 g/mol. The largest absolute Gasteiger partial charge is 0.452 e. The normalized spacial score (nSPS) is 13.2. The van der Waals surface area contributed by atoms with Crippen LogP contribution in [0.15, 0.2) is 50.4 Å². The van der Waals surface area contributed by atoms with Gasteiger partial charge >= 0.3 is 0 Å². The predicted octanol–water partition coefficient (Wildman–Crippen LogP) is 3.12. The third-order valence-electron chi connectivity index (χ3n) is 2.84.